The highest BCUT2D eigenvalue weighted by molar-refractivity contribution is 6.81. The summed E-state index contributed by atoms with van der Waals surface area (Å²) in [6.45, 7) is 16.3. The van der Waals surface area contributed by atoms with Crippen molar-refractivity contribution >= 4 is 14.4 Å². The lowest BCUT2D eigenvalue weighted by molar-refractivity contribution is 0.0800. The molecule has 0 radical (unpaired) electrons. The van der Waals surface area contributed by atoms with E-state index in [4.69, 9.17) is 4.43 Å². The summed E-state index contributed by atoms with van der Waals surface area (Å²) in [5.74, 6) is 1.15. The summed E-state index contributed by atoms with van der Waals surface area (Å²) >= 11 is 0. The minimum absolute atomic E-state index is 0.342. The van der Waals surface area contributed by atoms with E-state index in [-0.39, 0.29) is 0 Å². The monoisotopic (exact) mass is 388 g/mol. The molecule has 0 bridgehead atoms. The van der Waals surface area contributed by atoms with Gasteiger partial charge in [-0.3, -0.25) is 0 Å². The average Bonchev–Trinajstić information content (AvgIpc) is 2.59. The molecule has 0 heterocycles. The van der Waals surface area contributed by atoms with Crippen molar-refractivity contribution in [2.75, 3.05) is 0 Å². The second-order valence-corrected chi connectivity index (χ2v) is 14.6. The predicted octanol–water partition coefficient (Wildman–Crippen LogP) is 7.33. The van der Waals surface area contributed by atoms with Gasteiger partial charge in [0.1, 0.15) is 5.75 Å². The molecule has 1 aliphatic rings. The first-order valence-corrected chi connectivity index (χ1v) is 12.9. The molecule has 3 heteroatoms. The maximum Gasteiger partial charge on any atom is 0.222 e. The van der Waals surface area contributed by atoms with Crippen LogP contribution < -0.4 is 0 Å². The first-order chi connectivity index (χ1) is 12.6. The smallest absolute Gasteiger partial charge is 0.222 e. The van der Waals surface area contributed by atoms with Crippen LogP contribution in [0.1, 0.15) is 79.7 Å². The van der Waals surface area contributed by atoms with Gasteiger partial charge in [0.15, 0.2) is 0 Å². The molecule has 152 valence electrons. The van der Waals surface area contributed by atoms with Gasteiger partial charge in [0, 0.05) is 11.7 Å². The number of phenols is 1. The molecule has 1 N–H and O–H groups in total. The lowest BCUT2D eigenvalue weighted by Gasteiger charge is -2.43. The number of hydrogen-bond acceptors (Lipinski definition) is 2. The highest BCUT2D eigenvalue weighted by Crippen LogP contribution is 2.42. The fourth-order valence-electron chi connectivity index (χ4n) is 4.55. The minimum atomic E-state index is -2.10. The summed E-state index contributed by atoms with van der Waals surface area (Å²) in [6.07, 6.45) is 7.40. The summed E-state index contributed by atoms with van der Waals surface area (Å²) in [4.78, 5) is 0. The van der Waals surface area contributed by atoms with E-state index >= 15 is 0 Å². The molecule has 1 fully saturated rings. The first-order valence-electron chi connectivity index (χ1n) is 10.7. The van der Waals surface area contributed by atoms with Crippen LogP contribution in [0.25, 0.3) is 6.08 Å². The van der Waals surface area contributed by atoms with Gasteiger partial charge in [-0.05, 0) is 54.2 Å². The van der Waals surface area contributed by atoms with Crippen molar-refractivity contribution in [2.45, 2.75) is 91.3 Å². The molecule has 2 rings (SSSR count). The zero-order valence-electron chi connectivity index (χ0n) is 18.5. The number of para-hydroxylation sites is 1. The van der Waals surface area contributed by atoms with Crippen molar-refractivity contribution in [3.05, 3.63) is 35.5 Å². The Morgan fingerprint density at radius 1 is 1.00 bits per heavy atom. The molecule has 0 aromatic heterocycles. The van der Waals surface area contributed by atoms with Gasteiger partial charge in [-0.2, -0.15) is 0 Å². The lowest BCUT2D eigenvalue weighted by Crippen LogP contribution is -2.47. The average molecular weight is 389 g/mol. The Morgan fingerprint density at radius 2 is 1.56 bits per heavy atom. The van der Waals surface area contributed by atoms with Crippen LogP contribution in [-0.4, -0.2) is 19.5 Å². The fourth-order valence-corrected chi connectivity index (χ4v) is 8.53. The van der Waals surface area contributed by atoms with Crippen molar-refractivity contribution < 1.29 is 9.53 Å². The van der Waals surface area contributed by atoms with Gasteiger partial charge in [-0.15, -0.1) is 0 Å². The second-order valence-electron chi connectivity index (χ2n) is 10.0. The van der Waals surface area contributed by atoms with Crippen molar-refractivity contribution in [1.82, 2.24) is 0 Å². The van der Waals surface area contributed by atoms with Crippen molar-refractivity contribution in [3.8, 4) is 5.75 Å². The van der Waals surface area contributed by atoms with E-state index < -0.39 is 8.32 Å². The number of hydrogen-bond donors (Lipinski definition) is 1. The Hall–Kier alpha value is -1.06. The van der Waals surface area contributed by atoms with E-state index in [1.165, 1.54) is 25.7 Å². The highest BCUT2D eigenvalue weighted by atomic mass is 28.4. The Kier molecular flexibility index (Phi) is 7.38. The van der Waals surface area contributed by atoms with E-state index in [0.717, 1.165) is 11.5 Å². The number of benzene rings is 1. The Bertz CT molecular complexity index is 612. The van der Waals surface area contributed by atoms with Gasteiger partial charge < -0.3 is 9.53 Å². The maximum absolute atomic E-state index is 10.1. The largest absolute Gasteiger partial charge is 0.507 e. The highest BCUT2D eigenvalue weighted by Gasteiger charge is 2.43. The Morgan fingerprint density at radius 3 is 2.04 bits per heavy atom. The van der Waals surface area contributed by atoms with Gasteiger partial charge in [0.2, 0.25) is 8.32 Å². The van der Waals surface area contributed by atoms with Crippen LogP contribution >= 0.6 is 0 Å². The van der Waals surface area contributed by atoms with Gasteiger partial charge >= 0.3 is 0 Å². The topological polar surface area (TPSA) is 29.5 Å². The van der Waals surface area contributed by atoms with Crippen LogP contribution in [0.15, 0.2) is 30.0 Å². The van der Waals surface area contributed by atoms with E-state index in [2.05, 4.69) is 60.2 Å². The third kappa shape index (κ3) is 5.48. The van der Waals surface area contributed by atoms with E-state index in [9.17, 15) is 5.11 Å². The van der Waals surface area contributed by atoms with Crippen molar-refractivity contribution in [1.29, 1.82) is 0 Å². The quantitative estimate of drug-likeness (QED) is 0.517. The fraction of sp³-hybridized carbons (Fsp3) is 0.667. The Labute approximate surface area is 168 Å². The molecule has 0 amide bonds. The zero-order chi connectivity index (χ0) is 20.2. The predicted molar refractivity (Wildman–Crippen MR) is 119 cm³/mol. The summed E-state index contributed by atoms with van der Waals surface area (Å²) in [7, 11) is -2.10. The third-order valence-electron chi connectivity index (χ3n) is 6.53. The van der Waals surface area contributed by atoms with Crippen LogP contribution in [0, 0.1) is 11.3 Å². The van der Waals surface area contributed by atoms with Gasteiger partial charge in [-0.1, -0.05) is 78.4 Å². The molecule has 1 saturated carbocycles. The molecule has 0 atom stereocenters. The van der Waals surface area contributed by atoms with Crippen LogP contribution in [-0.2, 0) is 4.43 Å². The number of phenolic OH excluding ortho intramolecular Hbond substituents is 1. The van der Waals surface area contributed by atoms with Crippen LogP contribution in [0.4, 0.5) is 0 Å². The molecule has 1 aromatic carbocycles. The first kappa shape index (κ1) is 22.2. The van der Waals surface area contributed by atoms with Gasteiger partial charge in [0.05, 0.1) is 0 Å². The van der Waals surface area contributed by atoms with E-state index in [1.807, 2.05) is 18.2 Å². The van der Waals surface area contributed by atoms with Crippen molar-refractivity contribution in [2.24, 2.45) is 11.3 Å². The van der Waals surface area contributed by atoms with Crippen LogP contribution in [0.3, 0.4) is 0 Å². The summed E-state index contributed by atoms with van der Waals surface area (Å²) in [6, 6.07) is 7.57. The van der Waals surface area contributed by atoms with E-state index in [1.54, 1.807) is 6.07 Å². The third-order valence-corrected chi connectivity index (χ3v) is 11.6. The van der Waals surface area contributed by atoms with Gasteiger partial charge in [0.25, 0.3) is 0 Å². The molecule has 0 saturated heterocycles. The lowest BCUT2D eigenvalue weighted by atomic mass is 9.72. The standard InChI is InChI=1S/C24H40O2Si/c1-18(2)27(19(3)4,17-16-20-10-8-9-11-23(20)25)26-22-14-12-21(13-15-22)24(5,6)7/h8-11,16-19,21-22,25H,12-15H2,1-7H3/b17-16+. The van der Waals surface area contributed by atoms with E-state index in [0.29, 0.717) is 28.4 Å². The minimum Gasteiger partial charge on any atom is -0.507 e. The maximum atomic E-state index is 10.1. The summed E-state index contributed by atoms with van der Waals surface area (Å²) in [5, 5.41) is 10.1. The molecule has 27 heavy (non-hydrogen) atoms. The molecule has 1 aromatic rings. The molecule has 0 aliphatic heterocycles. The zero-order valence-corrected chi connectivity index (χ0v) is 19.5. The molecular weight excluding hydrogens is 348 g/mol. The second kappa shape index (κ2) is 8.96. The normalized spacial score (nSPS) is 22.1. The molecule has 1 aliphatic carbocycles. The SMILES string of the molecule is CC(C)[Si](/C=C/c1ccccc1O)(OC1CCC(C(C)(C)C)CC1)C(C)C. The summed E-state index contributed by atoms with van der Waals surface area (Å²) in [5.41, 5.74) is 4.63. The molecular formula is C24H40O2Si. The van der Waals surface area contributed by atoms with Crippen LogP contribution in [0.2, 0.25) is 11.1 Å². The number of aromatic hydroxyl groups is 1. The number of rotatable bonds is 6. The molecule has 2 nitrogen and oxygen atoms in total. The summed E-state index contributed by atoms with van der Waals surface area (Å²) < 4.78 is 6.99. The molecule has 0 unspecified atom stereocenters. The Balaban J connectivity index is 2.19. The van der Waals surface area contributed by atoms with Gasteiger partial charge in [-0.25, -0.2) is 0 Å². The molecule has 0 spiro atoms. The van der Waals surface area contributed by atoms with Crippen LogP contribution in [0.5, 0.6) is 5.75 Å². The van der Waals surface area contributed by atoms with Crippen molar-refractivity contribution in [3.63, 3.8) is 0 Å².